The van der Waals surface area contributed by atoms with Gasteiger partial charge in [0.2, 0.25) is 0 Å². The first-order valence-electron chi connectivity index (χ1n) is 8.63. The van der Waals surface area contributed by atoms with Crippen molar-refractivity contribution in [1.82, 2.24) is 14.5 Å². The number of ether oxygens (including phenoxy) is 1. The number of para-hydroxylation sites is 2. The molecule has 1 aromatic heterocycles. The third-order valence-electron chi connectivity index (χ3n) is 4.77. The predicted molar refractivity (Wildman–Crippen MR) is 96.4 cm³/mol. The SMILES string of the molecule is Cc1nc2ccccc2n1CCOC(=O)N1CCc2ccccc2C1. The molecule has 4 rings (SSSR count). The molecule has 0 aliphatic carbocycles. The number of aromatic nitrogens is 2. The van der Waals surface area contributed by atoms with Crippen LogP contribution in [0.15, 0.2) is 48.5 Å². The summed E-state index contributed by atoms with van der Waals surface area (Å²) in [6.07, 6.45) is 0.646. The smallest absolute Gasteiger partial charge is 0.410 e. The molecule has 0 bridgehead atoms. The lowest BCUT2D eigenvalue weighted by Gasteiger charge is -2.28. The van der Waals surface area contributed by atoms with E-state index in [9.17, 15) is 4.79 Å². The lowest BCUT2D eigenvalue weighted by atomic mass is 10.0. The Balaban J connectivity index is 1.37. The zero-order chi connectivity index (χ0) is 17.2. The number of carbonyl (C=O) groups is 1. The van der Waals surface area contributed by atoms with Crippen LogP contribution < -0.4 is 0 Å². The maximum atomic E-state index is 12.4. The van der Waals surface area contributed by atoms with Crippen LogP contribution in [-0.4, -0.2) is 33.7 Å². The van der Waals surface area contributed by atoms with Gasteiger partial charge in [-0.1, -0.05) is 36.4 Å². The van der Waals surface area contributed by atoms with E-state index in [1.54, 1.807) is 4.90 Å². The summed E-state index contributed by atoms with van der Waals surface area (Å²) >= 11 is 0. The van der Waals surface area contributed by atoms with Crippen molar-refractivity contribution in [3.8, 4) is 0 Å². The molecule has 2 heterocycles. The molecule has 0 saturated carbocycles. The topological polar surface area (TPSA) is 47.4 Å². The van der Waals surface area contributed by atoms with Crippen LogP contribution in [0.25, 0.3) is 11.0 Å². The molecule has 128 valence electrons. The number of amides is 1. The quantitative estimate of drug-likeness (QED) is 0.735. The Morgan fingerprint density at radius 1 is 1.12 bits per heavy atom. The fraction of sp³-hybridized carbons (Fsp3) is 0.300. The number of carbonyl (C=O) groups excluding carboxylic acids is 1. The average molecular weight is 335 g/mol. The lowest BCUT2D eigenvalue weighted by Crippen LogP contribution is -2.36. The van der Waals surface area contributed by atoms with Gasteiger partial charge in [-0.3, -0.25) is 0 Å². The zero-order valence-corrected chi connectivity index (χ0v) is 14.3. The summed E-state index contributed by atoms with van der Waals surface area (Å²) in [5.41, 5.74) is 4.58. The van der Waals surface area contributed by atoms with Crippen molar-refractivity contribution in [1.29, 1.82) is 0 Å². The monoisotopic (exact) mass is 335 g/mol. The number of benzene rings is 2. The Morgan fingerprint density at radius 3 is 2.76 bits per heavy atom. The van der Waals surface area contributed by atoms with Crippen LogP contribution in [0.1, 0.15) is 17.0 Å². The van der Waals surface area contributed by atoms with Crippen LogP contribution in [0.4, 0.5) is 4.79 Å². The van der Waals surface area contributed by atoms with E-state index in [2.05, 4.69) is 21.7 Å². The fourth-order valence-electron chi connectivity index (χ4n) is 3.45. The van der Waals surface area contributed by atoms with Crippen LogP contribution in [0, 0.1) is 6.92 Å². The first-order chi connectivity index (χ1) is 12.2. The van der Waals surface area contributed by atoms with Crippen LogP contribution in [0.2, 0.25) is 0 Å². The second-order valence-corrected chi connectivity index (χ2v) is 6.35. The standard InChI is InChI=1S/C20H21N3O2/c1-15-21-18-8-4-5-9-19(18)23(15)12-13-25-20(24)22-11-10-16-6-2-3-7-17(16)14-22/h2-9H,10-14H2,1H3. The number of hydrogen-bond acceptors (Lipinski definition) is 3. The van der Waals surface area contributed by atoms with Crippen molar-refractivity contribution in [2.45, 2.75) is 26.4 Å². The van der Waals surface area contributed by atoms with Gasteiger partial charge in [0.1, 0.15) is 12.4 Å². The van der Waals surface area contributed by atoms with Gasteiger partial charge in [0.05, 0.1) is 17.6 Å². The van der Waals surface area contributed by atoms with Crippen LogP contribution in [0.3, 0.4) is 0 Å². The van der Waals surface area contributed by atoms with Crippen molar-refractivity contribution in [3.05, 3.63) is 65.5 Å². The second kappa shape index (κ2) is 6.59. The van der Waals surface area contributed by atoms with Gasteiger partial charge < -0.3 is 14.2 Å². The minimum absolute atomic E-state index is 0.239. The largest absolute Gasteiger partial charge is 0.448 e. The van der Waals surface area contributed by atoms with E-state index in [-0.39, 0.29) is 6.09 Å². The Hall–Kier alpha value is -2.82. The van der Waals surface area contributed by atoms with E-state index in [1.807, 2.05) is 43.3 Å². The number of hydrogen-bond donors (Lipinski definition) is 0. The Bertz CT molecular complexity index is 916. The van der Waals surface area contributed by atoms with E-state index in [0.29, 0.717) is 26.2 Å². The highest BCUT2D eigenvalue weighted by atomic mass is 16.6. The molecule has 0 spiro atoms. The number of aryl methyl sites for hydroxylation is 1. The van der Waals surface area contributed by atoms with E-state index < -0.39 is 0 Å². The molecule has 5 heteroatoms. The third kappa shape index (κ3) is 3.09. The minimum atomic E-state index is -0.239. The molecule has 25 heavy (non-hydrogen) atoms. The van der Waals surface area contributed by atoms with Crippen LogP contribution >= 0.6 is 0 Å². The molecular weight excluding hydrogens is 314 g/mol. The van der Waals surface area contributed by atoms with Gasteiger partial charge >= 0.3 is 6.09 Å². The summed E-state index contributed by atoms with van der Waals surface area (Å²) in [6.45, 7) is 4.27. The summed E-state index contributed by atoms with van der Waals surface area (Å²) in [6, 6.07) is 16.3. The van der Waals surface area contributed by atoms with Crippen LogP contribution in [-0.2, 0) is 24.2 Å². The predicted octanol–water partition coefficient (Wildman–Crippen LogP) is 3.54. The van der Waals surface area contributed by atoms with Gasteiger partial charge in [0.15, 0.2) is 0 Å². The van der Waals surface area contributed by atoms with E-state index in [0.717, 1.165) is 23.3 Å². The van der Waals surface area contributed by atoms with Crippen molar-refractivity contribution < 1.29 is 9.53 Å². The molecule has 0 unspecified atom stereocenters. The van der Waals surface area contributed by atoms with Gasteiger partial charge in [-0.05, 0) is 36.6 Å². The summed E-state index contributed by atoms with van der Waals surface area (Å²) in [7, 11) is 0. The van der Waals surface area contributed by atoms with Crippen molar-refractivity contribution >= 4 is 17.1 Å². The highest BCUT2D eigenvalue weighted by Crippen LogP contribution is 2.19. The van der Waals surface area contributed by atoms with E-state index >= 15 is 0 Å². The molecule has 1 aliphatic heterocycles. The number of nitrogens with zero attached hydrogens (tertiary/aromatic N) is 3. The highest BCUT2D eigenvalue weighted by Gasteiger charge is 2.21. The van der Waals surface area contributed by atoms with Gasteiger partial charge in [0, 0.05) is 13.1 Å². The first kappa shape index (κ1) is 15.7. The summed E-state index contributed by atoms with van der Waals surface area (Å²) in [5, 5.41) is 0. The molecule has 2 aromatic carbocycles. The number of imidazole rings is 1. The Morgan fingerprint density at radius 2 is 1.88 bits per heavy atom. The maximum Gasteiger partial charge on any atom is 0.410 e. The molecule has 0 N–H and O–H groups in total. The van der Waals surface area contributed by atoms with Crippen molar-refractivity contribution in [2.75, 3.05) is 13.2 Å². The van der Waals surface area contributed by atoms with E-state index in [1.165, 1.54) is 11.1 Å². The third-order valence-corrected chi connectivity index (χ3v) is 4.77. The second-order valence-electron chi connectivity index (χ2n) is 6.35. The Labute approximate surface area is 146 Å². The van der Waals surface area contributed by atoms with Gasteiger partial charge in [-0.2, -0.15) is 0 Å². The zero-order valence-electron chi connectivity index (χ0n) is 14.3. The summed E-state index contributed by atoms with van der Waals surface area (Å²) in [4.78, 5) is 18.7. The molecule has 0 saturated heterocycles. The Kier molecular flexibility index (Phi) is 4.14. The lowest BCUT2D eigenvalue weighted by molar-refractivity contribution is 0.0948. The number of rotatable bonds is 3. The molecule has 0 radical (unpaired) electrons. The average Bonchev–Trinajstić information content (AvgIpc) is 2.96. The van der Waals surface area contributed by atoms with E-state index in [4.69, 9.17) is 4.74 Å². The molecule has 1 aliphatic rings. The molecular formula is C20H21N3O2. The fourth-order valence-corrected chi connectivity index (χ4v) is 3.45. The van der Waals surface area contributed by atoms with Gasteiger partial charge in [-0.15, -0.1) is 0 Å². The van der Waals surface area contributed by atoms with Gasteiger partial charge in [-0.25, -0.2) is 9.78 Å². The number of fused-ring (bicyclic) bond motifs is 2. The molecule has 0 fully saturated rings. The first-order valence-corrected chi connectivity index (χ1v) is 8.63. The summed E-state index contributed by atoms with van der Waals surface area (Å²) in [5.74, 6) is 0.934. The maximum absolute atomic E-state index is 12.4. The summed E-state index contributed by atoms with van der Waals surface area (Å²) < 4.78 is 7.60. The molecule has 3 aromatic rings. The van der Waals surface area contributed by atoms with Crippen molar-refractivity contribution in [2.24, 2.45) is 0 Å². The van der Waals surface area contributed by atoms with Crippen LogP contribution in [0.5, 0.6) is 0 Å². The molecule has 0 atom stereocenters. The molecule has 1 amide bonds. The van der Waals surface area contributed by atoms with Crippen molar-refractivity contribution in [3.63, 3.8) is 0 Å². The van der Waals surface area contributed by atoms with Gasteiger partial charge in [0.25, 0.3) is 0 Å². The normalized spacial score (nSPS) is 13.7. The molecule has 5 nitrogen and oxygen atoms in total. The highest BCUT2D eigenvalue weighted by molar-refractivity contribution is 5.75. The minimum Gasteiger partial charge on any atom is -0.448 e.